The van der Waals surface area contributed by atoms with E-state index >= 15 is 0 Å². The number of fused-ring (bicyclic) bond motifs is 1. The lowest BCUT2D eigenvalue weighted by Crippen LogP contribution is -2.40. The van der Waals surface area contributed by atoms with Crippen LogP contribution in [0.5, 0.6) is 0 Å². The van der Waals surface area contributed by atoms with Gasteiger partial charge in [-0.1, -0.05) is 0 Å². The van der Waals surface area contributed by atoms with Crippen molar-refractivity contribution >= 4 is 11.3 Å². The van der Waals surface area contributed by atoms with Crippen LogP contribution < -0.4 is 10.6 Å². The second kappa shape index (κ2) is 5.51. The van der Waals surface area contributed by atoms with E-state index in [-0.39, 0.29) is 5.54 Å². The third-order valence-corrected chi connectivity index (χ3v) is 4.29. The third kappa shape index (κ3) is 4.09. The van der Waals surface area contributed by atoms with Gasteiger partial charge in [-0.25, -0.2) is 0 Å². The van der Waals surface area contributed by atoms with Crippen molar-refractivity contribution in [1.29, 1.82) is 0 Å². The van der Waals surface area contributed by atoms with Gasteiger partial charge in [-0.15, -0.1) is 11.3 Å². The third-order valence-electron chi connectivity index (χ3n) is 3.05. The highest BCUT2D eigenvalue weighted by atomic mass is 32.1. The lowest BCUT2D eigenvalue weighted by Gasteiger charge is -2.20. The molecular weight excluding hydrogens is 228 g/mol. The number of thiophene rings is 1. The number of nitrogens with one attached hydrogen (secondary N) is 2. The molecule has 0 atom stereocenters. The molecule has 0 radical (unpaired) electrons. The van der Waals surface area contributed by atoms with Gasteiger partial charge in [-0.3, -0.25) is 0 Å². The first-order valence-corrected chi connectivity index (χ1v) is 7.42. The Bertz CT molecular complexity index is 341. The Balaban J connectivity index is 1.65. The molecule has 1 aliphatic carbocycles. The summed E-state index contributed by atoms with van der Waals surface area (Å²) in [6.07, 6.45) is 3.98. The topological polar surface area (TPSA) is 24.1 Å². The Morgan fingerprint density at radius 3 is 2.76 bits per heavy atom. The monoisotopic (exact) mass is 252 g/mol. The minimum Gasteiger partial charge on any atom is -0.311 e. The molecule has 0 aliphatic heterocycles. The fourth-order valence-electron chi connectivity index (χ4n) is 2.22. The van der Waals surface area contributed by atoms with Crippen molar-refractivity contribution in [1.82, 2.24) is 10.6 Å². The van der Waals surface area contributed by atoms with E-state index in [2.05, 4.69) is 37.5 Å². The molecule has 0 unspecified atom stereocenters. The van der Waals surface area contributed by atoms with Crippen LogP contribution in [-0.4, -0.2) is 18.6 Å². The zero-order valence-corrected chi connectivity index (χ0v) is 12.0. The van der Waals surface area contributed by atoms with Gasteiger partial charge in [-0.2, -0.15) is 0 Å². The van der Waals surface area contributed by atoms with Crippen molar-refractivity contribution in [3.63, 3.8) is 0 Å². The predicted molar refractivity (Wildman–Crippen MR) is 75.8 cm³/mol. The van der Waals surface area contributed by atoms with Crippen LogP contribution in [0.25, 0.3) is 0 Å². The SMILES string of the molecule is CC(C)(C)NCCNCc1cc2c(s1)CCC2. The molecular formula is C14H24N2S. The molecule has 0 aromatic carbocycles. The molecule has 2 nitrogen and oxygen atoms in total. The second-order valence-electron chi connectivity index (χ2n) is 5.87. The summed E-state index contributed by atoms with van der Waals surface area (Å²) >= 11 is 2.00. The van der Waals surface area contributed by atoms with Gasteiger partial charge in [0.2, 0.25) is 0 Å². The van der Waals surface area contributed by atoms with Crippen molar-refractivity contribution in [3.05, 3.63) is 21.4 Å². The summed E-state index contributed by atoms with van der Waals surface area (Å²) in [5.41, 5.74) is 1.84. The summed E-state index contributed by atoms with van der Waals surface area (Å²) in [6.45, 7) is 9.72. The minimum absolute atomic E-state index is 0.228. The Hall–Kier alpha value is -0.380. The zero-order chi connectivity index (χ0) is 12.3. The van der Waals surface area contributed by atoms with Crippen LogP contribution in [0, 0.1) is 0 Å². The standard InChI is InChI=1S/C14H24N2S/c1-14(2,3)16-8-7-15-10-12-9-11-5-4-6-13(11)17-12/h9,15-16H,4-8,10H2,1-3H3. The maximum absolute atomic E-state index is 3.51. The van der Waals surface area contributed by atoms with Crippen LogP contribution in [-0.2, 0) is 19.4 Å². The Morgan fingerprint density at radius 2 is 2.06 bits per heavy atom. The molecule has 2 N–H and O–H groups in total. The molecule has 1 heterocycles. The Kier molecular flexibility index (Phi) is 4.23. The molecule has 1 aromatic heterocycles. The fraction of sp³-hybridized carbons (Fsp3) is 0.714. The highest BCUT2D eigenvalue weighted by Gasteiger charge is 2.14. The number of hydrogen-bond donors (Lipinski definition) is 2. The Labute approximate surface area is 109 Å². The zero-order valence-electron chi connectivity index (χ0n) is 11.2. The van der Waals surface area contributed by atoms with Gasteiger partial charge in [0.25, 0.3) is 0 Å². The summed E-state index contributed by atoms with van der Waals surface area (Å²) in [6, 6.07) is 2.40. The highest BCUT2D eigenvalue weighted by molar-refractivity contribution is 7.12. The molecule has 0 amide bonds. The van der Waals surface area contributed by atoms with Crippen LogP contribution >= 0.6 is 11.3 Å². The molecule has 1 aliphatic rings. The van der Waals surface area contributed by atoms with E-state index in [0.717, 1.165) is 19.6 Å². The quantitative estimate of drug-likeness (QED) is 0.787. The van der Waals surface area contributed by atoms with Gasteiger partial charge < -0.3 is 10.6 Å². The van der Waals surface area contributed by atoms with Gasteiger partial charge in [0.1, 0.15) is 0 Å². The number of aryl methyl sites for hydroxylation is 2. The van der Waals surface area contributed by atoms with E-state index in [1.807, 2.05) is 11.3 Å². The largest absolute Gasteiger partial charge is 0.311 e. The summed E-state index contributed by atoms with van der Waals surface area (Å²) < 4.78 is 0. The maximum Gasteiger partial charge on any atom is 0.0300 e. The first-order chi connectivity index (χ1) is 8.04. The molecule has 2 rings (SSSR count). The minimum atomic E-state index is 0.228. The first-order valence-electron chi connectivity index (χ1n) is 6.61. The summed E-state index contributed by atoms with van der Waals surface area (Å²) in [4.78, 5) is 3.14. The van der Waals surface area contributed by atoms with Crippen molar-refractivity contribution in [3.8, 4) is 0 Å². The van der Waals surface area contributed by atoms with Gasteiger partial charge in [0.15, 0.2) is 0 Å². The molecule has 0 fully saturated rings. The molecule has 96 valence electrons. The predicted octanol–water partition coefficient (Wildman–Crippen LogP) is 2.71. The van der Waals surface area contributed by atoms with Crippen molar-refractivity contribution in [2.24, 2.45) is 0 Å². The van der Waals surface area contributed by atoms with Crippen LogP contribution in [0.15, 0.2) is 6.07 Å². The number of rotatable bonds is 5. The molecule has 1 aromatic rings. The van der Waals surface area contributed by atoms with Crippen LogP contribution in [0.2, 0.25) is 0 Å². The summed E-state index contributed by atoms with van der Waals surface area (Å²) in [5, 5.41) is 7.00. The van der Waals surface area contributed by atoms with Gasteiger partial charge in [-0.05, 0) is 51.7 Å². The molecule has 0 bridgehead atoms. The smallest absolute Gasteiger partial charge is 0.0300 e. The van der Waals surface area contributed by atoms with Crippen LogP contribution in [0.4, 0.5) is 0 Å². The molecule has 17 heavy (non-hydrogen) atoms. The second-order valence-corrected chi connectivity index (χ2v) is 7.09. The van der Waals surface area contributed by atoms with Crippen LogP contribution in [0.3, 0.4) is 0 Å². The molecule has 0 saturated heterocycles. The van der Waals surface area contributed by atoms with Crippen molar-refractivity contribution < 1.29 is 0 Å². The molecule has 0 saturated carbocycles. The highest BCUT2D eigenvalue weighted by Crippen LogP contribution is 2.30. The number of hydrogen-bond acceptors (Lipinski definition) is 3. The normalized spacial score (nSPS) is 15.2. The van der Waals surface area contributed by atoms with Gasteiger partial charge in [0, 0.05) is 34.9 Å². The average molecular weight is 252 g/mol. The van der Waals surface area contributed by atoms with Gasteiger partial charge in [0.05, 0.1) is 0 Å². The maximum atomic E-state index is 3.51. The molecule has 3 heteroatoms. The van der Waals surface area contributed by atoms with Crippen LogP contribution in [0.1, 0.15) is 42.5 Å². The summed E-state index contributed by atoms with van der Waals surface area (Å²) in [7, 11) is 0. The van der Waals surface area contributed by atoms with Crippen molar-refractivity contribution in [2.45, 2.75) is 52.1 Å². The molecule has 0 spiro atoms. The lowest BCUT2D eigenvalue weighted by molar-refractivity contribution is 0.422. The summed E-state index contributed by atoms with van der Waals surface area (Å²) in [5.74, 6) is 0. The van der Waals surface area contributed by atoms with E-state index in [4.69, 9.17) is 0 Å². The fourth-order valence-corrected chi connectivity index (χ4v) is 3.45. The van der Waals surface area contributed by atoms with E-state index < -0.39 is 0 Å². The van der Waals surface area contributed by atoms with E-state index in [9.17, 15) is 0 Å². The van der Waals surface area contributed by atoms with Crippen molar-refractivity contribution in [2.75, 3.05) is 13.1 Å². The first kappa shape index (κ1) is 13.1. The lowest BCUT2D eigenvalue weighted by atomic mass is 10.1. The average Bonchev–Trinajstić information content (AvgIpc) is 2.75. The van der Waals surface area contributed by atoms with E-state index in [1.54, 1.807) is 10.4 Å². The van der Waals surface area contributed by atoms with E-state index in [0.29, 0.717) is 0 Å². The van der Waals surface area contributed by atoms with Gasteiger partial charge >= 0.3 is 0 Å². The van der Waals surface area contributed by atoms with E-state index in [1.165, 1.54) is 24.1 Å². The Morgan fingerprint density at radius 1 is 1.24 bits per heavy atom.